The third-order valence-corrected chi connectivity index (χ3v) is 4.61. The predicted molar refractivity (Wildman–Crippen MR) is 103 cm³/mol. The maximum Gasteiger partial charge on any atom is 0.359 e. The molecular formula is C19H20FN7O2. The first-order valence-corrected chi connectivity index (χ1v) is 9.14. The number of nitrogens with two attached hydrogens (primary N) is 1. The van der Waals surface area contributed by atoms with E-state index in [9.17, 15) is 9.18 Å². The highest BCUT2D eigenvalue weighted by molar-refractivity contribution is 5.89. The van der Waals surface area contributed by atoms with E-state index in [0.29, 0.717) is 11.6 Å². The average molecular weight is 397 g/mol. The fourth-order valence-electron chi connectivity index (χ4n) is 3.29. The molecule has 29 heavy (non-hydrogen) atoms. The van der Waals surface area contributed by atoms with Crippen molar-refractivity contribution in [2.24, 2.45) is 0 Å². The minimum absolute atomic E-state index is 0.0521. The normalized spacial score (nSPS) is 12.7. The van der Waals surface area contributed by atoms with E-state index in [4.69, 9.17) is 10.5 Å². The van der Waals surface area contributed by atoms with Crippen LogP contribution < -0.4 is 10.6 Å². The van der Waals surface area contributed by atoms with Crippen molar-refractivity contribution >= 4 is 17.9 Å². The number of nitrogen functional groups attached to an aromatic ring is 1. The van der Waals surface area contributed by atoms with Gasteiger partial charge in [0, 0.05) is 25.4 Å². The number of hydrogen-bond acceptors (Lipinski definition) is 8. The van der Waals surface area contributed by atoms with Crippen LogP contribution in [0.2, 0.25) is 0 Å². The highest BCUT2D eigenvalue weighted by Gasteiger charge is 2.28. The molecule has 1 aliphatic rings. The van der Waals surface area contributed by atoms with E-state index in [1.54, 1.807) is 35.8 Å². The lowest BCUT2D eigenvalue weighted by molar-refractivity contribution is 0.0453. The van der Waals surface area contributed by atoms with Crippen LogP contribution in [-0.4, -0.2) is 44.8 Å². The molecule has 2 N–H and O–H groups in total. The summed E-state index contributed by atoms with van der Waals surface area (Å²) in [4.78, 5) is 26.6. The number of aromatic nitrogens is 5. The van der Waals surface area contributed by atoms with Gasteiger partial charge in [-0.1, -0.05) is 0 Å². The summed E-state index contributed by atoms with van der Waals surface area (Å²) >= 11 is 0. The third kappa shape index (κ3) is 3.73. The number of rotatable bonds is 5. The smallest absolute Gasteiger partial charge is 0.359 e. The summed E-state index contributed by atoms with van der Waals surface area (Å²) in [5, 5.41) is 4.44. The number of esters is 1. The third-order valence-electron chi connectivity index (χ3n) is 4.61. The lowest BCUT2D eigenvalue weighted by Gasteiger charge is -2.11. The van der Waals surface area contributed by atoms with Gasteiger partial charge in [0.05, 0.1) is 5.69 Å². The van der Waals surface area contributed by atoms with Crippen LogP contribution in [0.25, 0.3) is 5.69 Å². The minimum Gasteiger partial charge on any atom is -0.453 e. The summed E-state index contributed by atoms with van der Waals surface area (Å²) in [7, 11) is 3.55. The minimum atomic E-state index is -0.561. The number of halogens is 1. The maximum atomic E-state index is 13.2. The fourth-order valence-corrected chi connectivity index (χ4v) is 3.29. The second-order valence-corrected chi connectivity index (χ2v) is 6.90. The quantitative estimate of drug-likeness (QED) is 0.648. The second-order valence-electron chi connectivity index (χ2n) is 6.90. The first-order chi connectivity index (χ1) is 13.9. The Balaban J connectivity index is 1.57. The molecule has 0 atom stereocenters. The van der Waals surface area contributed by atoms with Crippen LogP contribution in [-0.2, 0) is 24.2 Å². The van der Waals surface area contributed by atoms with Gasteiger partial charge in [0.1, 0.15) is 5.82 Å². The van der Waals surface area contributed by atoms with Gasteiger partial charge in [-0.05, 0) is 43.5 Å². The van der Waals surface area contributed by atoms with Gasteiger partial charge in [-0.2, -0.15) is 20.1 Å². The lowest BCUT2D eigenvalue weighted by Crippen LogP contribution is -2.17. The standard InChI is InChI=1S/C19H20FN7O2/c1-26(2)19-23-15(22-18(21)24-19)10-29-17(28)16-13-4-3-5-14(13)27(25-16)12-8-6-11(20)7-9-12/h6-9H,3-5,10H2,1-2H3,(H2,21,22,23,24). The van der Waals surface area contributed by atoms with E-state index in [-0.39, 0.29) is 29.9 Å². The molecule has 4 rings (SSSR count). The van der Waals surface area contributed by atoms with Crippen molar-refractivity contribution in [3.05, 3.63) is 52.9 Å². The van der Waals surface area contributed by atoms with Gasteiger partial charge in [-0.25, -0.2) is 13.9 Å². The Hall–Kier alpha value is -3.56. The molecule has 9 nitrogen and oxygen atoms in total. The molecule has 2 heterocycles. The molecule has 0 saturated carbocycles. The number of benzene rings is 1. The van der Waals surface area contributed by atoms with Gasteiger partial charge < -0.3 is 15.4 Å². The Morgan fingerprint density at radius 2 is 1.97 bits per heavy atom. The van der Waals surface area contributed by atoms with Crippen molar-refractivity contribution in [3.63, 3.8) is 0 Å². The van der Waals surface area contributed by atoms with Crippen molar-refractivity contribution in [3.8, 4) is 5.69 Å². The number of carbonyl (C=O) groups is 1. The number of fused-ring (bicyclic) bond motifs is 1. The Bertz CT molecular complexity index is 1060. The summed E-state index contributed by atoms with van der Waals surface area (Å²) in [6, 6.07) is 5.99. The van der Waals surface area contributed by atoms with Gasteiger partial charge in [-0.3, -0.25) is 0 Å². The molecule has 1 aromatic carbocycles. The Labute approximate surface area is 166 Å². The number of anilines is 2. The van der Waals surface area contributed by atoms with Crippen LogP contribution in [0, 0.1) is 5.82 Å². The van der Waals surface area contributed by atoms with E-state index >= 15 is 0 Å². The van der Waals surface area contributed by atoms with Crippen LogP contribution in [0.15, 0.2) is 24.3 Å². The Morgan fingerprint density at radius 1 is 1.21 bits per heavy atom. The summed E-state index contributed by atoms with van der Waals surface area (Å²) < 4.78 is 20.3. The summed E-state index contributed by atoms with van der Waals surface area (Å²) in [5.74, 6) is -0.203. The highest BCUT2D eigenvalue weighted by Crippen LogP contribution is 2.28. The van der Waals surface area contributed by atoms with Gasteiger partial charge >= 0.3 is 5.97 Å². The van der Waals surface area contributed by atoms with Crippen LogP contribution in [0.4, 0.5) is 16.3 Å². The molecule has 0 unspecified atom stereocenters. The molecular weight excluding hydrogens is 377 g/mol. The van der Waals surface area contributed by atoms with Crippen LogP contribution >= 0.6 is 0 Å². The summed E-state index contributed by atoms with van der Waals surface area (Å²) in [5.41, 5.74) is 8.47. The van der Waals surface area contributed by atoms with Crippen LogP contribution in [0.3, 0.4) is 0 Å². The molecule has 0 bridgehead atoms. The van der Waals surface area contributed by atoms with E-state index in [1.807, 2.05) is 0 Å². The van der Waals surface area contributed by atoms with Crippen LogP contribution in [0.5, 0.6) is 0 Å². The molecule has 1 aliphatic carbocycles. The molecule has 0 saturated heterocycles. The monoisotopic (exact) mass is 397 g/mol. The Kier molecular flexibility index (Phi) is 4.83. The van der Waals surface area contributed by atoms with Gasteiger partial charge in [-0.15, -0.1) is 0 Å². The van der Waals surface area contributed by atoms with Crippen LogP contribution in [0.1, 0.15) is 34.0 Å². The fraction of sp³-hybridized carbons (Fsp3) is 0.316. The SMILES string of the molecule is CN(C)c1nc(N)nc(COC(=O)c2nn(-c3ccc(F)cc3)c3c2CCC3)n1. The maximum absolute atomic E-state index is 13.2. The van der Waals surface area contributed by atoms with Gasteiger partial charge in [0.25, 0.3) is 0 Å². The molecule has 0 fully saturated rings. The summed E-state index contributed by atoms with van der Waals surface area (Å²) in [6.07, 6.45) is 2.46. The zero-order valence-corrected chi connectivity index (χ0v) is 16.1. The van der Waals surface area contributed by atoms with Crippen molar-refractivity contribution < 1.29 is 13.9 Å². The number of hydrogen-bond donors (Lipinski definition) is 1. The highest BCUT2D eigenvalue weighted by atomic mass is 19.1. The van der Waals surface area contributed by atoms with Crippen molar-refractivity contribution in [1.82, 2.24) is 24.7 Å². The molecule has 150 valence electrons. The van der Waals surface area contributed by atoms with Gasteiger partial charge in [0.15, 0.2) is 18.1 Å². The molecule has 10 heteroatoms. The van der Waals surface area contributed by atoms with E-state index in [0.717, 1.165) is 30.5 Å². The molecule has 0 radical (unpaired) electrons. The van der Waals surface area contributed by atoms with E-state index in [2.05, 4.69) is 20.1 Å². The lowest BCUT2D eigenvalue weighted by atomic mass is 10.2. The number of nitrogens with zero attached hydrogens (tertiary/aromatic N) is 6. The number of carbonyl (C=O) groups excluding carboxylic acids is 1. The van der Waals surface area contributed by atoms with E-state index in [1.165, 1.54) is 12.1 Å². The van der Waals surface area contributed by atoms with Crippen molar-refractivity contribution in [1.29, 1.82) is 0 Å². The molecule has 3 aromatic rings. The summed E-state index contributed by atoms with van der Waals surface area (Å²) in [6.45, 7) is -0.148. The number of ether oxygens (including phenoxy) is 1. The first kappa shape index (κ1) is 18.8. The first-order valence-electron chi connectivity index (χ1n) is 9.14. The van der Waals surface area contributed by atoms with E-state index < -0.39 is 5.97 Å². The topological polar surface area (TPSA) is 112 Å². The van der Waals surface area contributed by atoms with Crippen molar-refractivity contribution in [2.75, 3.05) is 24.7 Å². The molecule has 2 aromatic heterocycles. The molecule has 0 aliphatic heterocycles. The second kappa shape index (κ2) is 7.46. The predicted octanol–water partition coefficient (Wildman–Crippen LogP) is 1.69. The molecule has 0 spiro atoms. The van der Waals surface area contributed by atoms with Crippen molar-refractivity contribution in [2.45, 2.75) is 25.9 Å². The zero-order valence-electron chi connectivity index (χ0n) is 16.1. The zero-order chi connectivity index (χ0) is 20.5. The average Bonchev–Trinajstić information content (AvgIpc) is 3.29. The molecule has 0 amide bonds. The Morgan fingerprint density at radius 3 is 2.69 bits per heavy atom. The van der Waals surface area contributed by atoms with Gasteiger partial charge in [0.2, 0.25) is 11.9 Å². The largest absolute Gasteiger partial charge is 0.453 e.